The van der Waals surface area contributed by atoms with Gasteiger partial charge in [0.15, 0.2) is 11.5 Å². The lowest BCUT2D eigenvalue weighted by Gasteiger charge is -2.21. The van der Waals surface area contributed by atoms with Gasteiger partial charge < -0.3 is 9.73 Å². The molecule has 0 aliphatic heterocycles. The highest BCUT2D eigenvalue weighted by molar-refractivity contribution is 5.77. The molecule has 0 amide bonds. The highest BCUT2D eigenvalue weighted by Crippen LogP contribution is 2.40. The SMILES string of the molecule is CCC(Nc1ccc2oc(C3CC3)nc2c1)C(C)C. The van der Waals surface area contributed by atoms with Crippen molar-refractivity contribution >= 4 is 16.8 Å². The van der Waals surface area contributed by atoms with E-state index < -0.39 is 0 Å². The van der Waals surface area contributed by atoms with Crippen LogP contribution in [0.15, 0.2) is 22.6 Å². The number of hydrogen-bond acceptors (Lipinski definition) is 3. The van der Waals surface area contributed by atoms with Gasteiger partial charge in [-0.05, 0) is 43.4 Å². The molecule has 3 nitrogen and oxygen atoms in total. The molecule has 2 aromatic rings. The predicted molar refractivity (Wildman–Crippen MR) is 78.5 cm³/mol. The maximum Gasteiger partial charge on any atom is 0.198 e. The van der Waals surface area contributed by atoms with Crippen LogP contribution in [0.5, 0.6) is 0 Å². The van der Waals surface area contributed by atoms with Gasteiger partial charge >= 0.3 is 0 Å². The number of oxazole rings is 1. The second-order valence-corrected chi connectivity index (χ2v) is 5.91. The molecular formula is C16H22N2O. The Hall–Kier alpha value is -1.51. The summed E-state index contributed by atoms with van der Waals surface area (Å²) in [6.45, 7) is 6.72. The van der Waals surface area contributed by atoms with Crippen molar-refractivity contribution in [3.63, 3.8) is 0 Å². The van der Waals surface area contributed by atoms with Gasteiger partial charge in [0.2, 0.25) is 0 Å². The molecular weight excluding hydrogens is 236 g/mol. The molecule has 1 aliphatic rings. The van der Waals surface area contributed by atoms with Crippen molar-refractivity contribution < 1.29 is 4.42 Å². The Morgan fingerprint density at radius 1 is 1.37 bits per heavy atom. The largest absolute Gasteiger partial charge is 0.440 e. The van der Waals surface area contributed by atoms with Crippen LogP contribution in [-0.2, 0) is 0 Å². The molecule has 1 heterocycles. The van der Waals surface area contributed by atoms with E-state index in [1.54, 1.807) is 0 Å². The van der Waals surface area contributed by atoms with Crippen molar-refractivity contribution in [3.8, 4) is 0 Å². The van der Waals surface area contributed by atoms with Crippen LogP contribution < -0.4 is 5.32 Å². The van der Waals surface area contributed by atoms with E-state index in [0.29, 0.717) is 17.9 Å². The van der Waals surface area contributed by atoms with Crippen molar-refractivity contribution in [1.82, 2.24) is 4.98 Å². The van der Waals surface area contributed by atoms with E-state index in [9.17, 15) is 0 Å². The Bertz CT molecular complexity index is 569. The van der Waals surface area contributed by atoms with Crippen LogP contribution in [0.25, 0.3) is 11.1 Å². The number of hydrogen-bond donors (Lipinski definition) is 1. The van der Waals surface area contributed by atoms with Gasteiger partial charge in [0.1, 0.15) is 5.52 Å². The summed E-state index contributed by atoms with van der Waals surface area (Å²) >= 11 is 0. The standard InChI is InChI=1S/C16H22N2O/c1-4-13(10(2)3)17-12-7-8-15-14(9-12)18-16(19-15)11-5-6-11/h7-11,13,17H,4-6H2,1-3H3. The fraction of sp³-hybridized carbons (Fsp3) is 0.562. The van der Waals surface area contributed by atoms with Crippen molar-refractivity contribution in [2.75, 3.05) is 5.32 Å². The van der Waals surface area contributed by atoms with Crippen LogP contribution in [0.2, 0.25) is 0 Å². The third-order valence-electron chi connectivity index (χ3n) is 3.93. The summed E-state index contributed by atoms with van der Waals surface area (Å²) in [5, 5.41) is 3.59. The molecule has 1 saturated carbocycles. The summed E-state index contributed by atoms with van der Waals surface area (Å²) in [5.41, 5.74) is 3.03. The minimum atomic E-state index is 0.507. The maximum absolute atomic E-state index is 5.79. The van der Waals surface area contributed by atoms with Crippen LogP contribution >= 0.6 is 0 Å². The average molecular weight is 258 g/mol. The third-order valence-corrected chi connectivity index (χ3v) is 3.93. The quantitative estimate of drug-likeness (QED) is 0.854. The minimum absolute atomic E-state index is 0.507. The van der Waals surface area contributed by atoms with Crippen molar-refractivity contribution in [1.29, 1.82) is 0 Å². The van der Waals surface area contributed by atoms with Crippen LogP contribution in [0.3, 0.4) is 0 Å². The Morgan fingerprint density at radius 3 is 2.79 bits per heavy atom. The van der Waals surface area contributed by atoms with Crippen LogP contribution in [-0.4, -0.2) is 11.0 Å². The number of anilines is 1. The molecule has 0 bridgehead atoms. The maximum atomic E-state index is 5.79. The number of nitrogens with zero attached hydrogens (tertiary/aromatic N) is 1. The molecule has 1 unspecified atom stereocenters. The number of aromatic nitrogens is 1. The minimum Gasteiger partial charge on any atom is -0.440 e. The van der Waals surface area contributed by atoms with E-state index in [4.69, 9.17) is 4.42 Å². The van der Waals surface area contributed by atoms with Gasteiger partial charge in [-0.1, -0.05) is 20.8 Å². The normalized spacial score (nSPS) is 17.1. The Labute approximate surface area is 114 Å². The van der Waals surface area contributed by atoms with E-state index in [0.717, 1.165) is 29.1 Å². The zero-order valence-electron chi connectivity index (χ0n) is 11.9. The molecule has 1 aromatic carbocycles. The van der Waals surface area contributed by atoms with E-state index in [1.807, 2.05) is 6.07 Å². The van der Waals surface area contributed by atoms with Gasteiger partial charge in [0, 0.05) is 17.6 Å². The lowest BCUT2D eigenvalue weighted by molar-refractivity contribution is 0.511. The predicted octanol–water partition coefficient (Wildman–Crippen LogP) is 4.55. The zero-order chi connectivity index (χ0) is 13.4. The summed E-state index contributed by atoms with van der Waals surface area (Å²) < 4.78 is 5.79. The molecule has 1 aliphatic carbocycles. The second kappa shape index (κ2) is 4.87. The van der Waals surface area contributed by atoms with Crippen LogP contribution in [0.1, 0.15) is 51.8 Å². The van der Waals surface area contributed by atoms with E-state index in [1.165, 1.54) is 12.8 Å². The van der Waals surface area contributed by atoms with Gasteiger partial charge in [-0.2, -0.15) is 0 Å². The van der Waals surface area contributed by atoms with E-state index in [-0.39, 0.29) is 0 Å². The van der Waals surface area contributed by atoms with Crippen LogP contribution in [0.4, 0.5) is 5.69 Å². The fourth-order valence-electron chi connectivity index (χ4n) is 2.49. The van der Waals surface area contributed by atoms with Gasteiger partial charge in [-0.15, -0.1) is 0 Å². The molecule has 0 saturated heterocycles. The summed E-state index contributed by atoms with van der Waals surface area (Å²) in [5.74, 6) is 2.12. The van der Waals surface area contributed by atoms with Gasteiger partial charge in [0.25, 0.3) is 0 Å². The highest BCUT2D eigenvalue weighted by atomic mass is 16.3. The first-order valence-electron chi connectivity index (χ1n) is 7.34. The Kier molecular flexibility index (Phi) is 3.21. The number of rotatable bonds is 5. The zero-order valence-corrected chi connectivity index (χ0v) is 11.9. The number of nitrogens with one attached hydrogen (secondary N) is 1. The van der Waals surface area contributed by atoms with Gasteiger partial charge in [0.05, 0.1) is 0 Å². The summed E-state index contributed by atoms with van der Waals surface area (Å²) in [4.78, 5) is 4.61. The second-order valence-electron chi connectivity index (χ2n) is 5.91. The molecule has 1 N–H and O–H groups in total. The monoisotopic (exact) mass is 258 g/mol. The molecule has 0 spiro atoms. The average Bonchev–Trinajstić information content (AvgIpc) is 3.15. The van der Waals surface area contributed by atoms with E-state index >= 15 is 0 Å². The fourth-order valence-corrected chi connectivity index (χ4v) is 2.49. The molecule has 1 atom stereocenters. The smallest absolute Gasteiger partial charge is 0.198 e. The van der Waals surface area contributed by atoms with Crippen molar-refractivity contribution in [2.24, 2.45) is 5.92 Å². The number of fused-ring (bicyclic) bond motifs is 1. The summed E-state index contributed by atoms with van der Waals surface area (Å²) in [7, 11) is 0. The Balaban J connectivity index is 1.84. The topological polar surface area (TPSA) is 38.1 Å². The molecule has 102 valence electrons. The first kappa shape index (κ1) is 12.5. The molecule has 1 aromatic heterocycles. The van der Waals surface area contributed by atoms with E-state index in [2.05, 4.69) is 43.2 Å². The highest BCUT2D eigenvalue weighted by Gasteiger charge is 2.28. The third kappa shape index (κ3) is 2.60. The van der Waals surface area contributed by atoms with Crippen molar-refractivity contribution in [2.45, 2.75) is 52.0 Å². The first-order valence-corrected chi connectivity index (χ1v) is 7.34. The summed E-state index contributed by atoms with van der Waals surface area (Å²) in [6, 6.07) is 6.74. The molecule has 3 rings (SSSR count). The summed E-state index contributed by atoms with van der Waals surface area (Å²) in [6.07, 6.45) is 3.58. The van der Waals surface area contributed by atoms with Crippen LogP contribution in [0, 0.1) is 5.92 Å². The van der Waals surface area contributed by atoms with Gasteiger partial charge in [-0.25, -0.2) is 4.98 Å². The molecule has 0 radical (unpaired) electrons. The Morgan fingerprint density at radius 2 is 2.16 bits per heavy atom. The molecule has 3 heteroatoms. The molecule has 19 heavy (non-hydrogen) atoms. The molecule has 1 fully saturated rings. The van der Waals surface area contributed by atoms with Gasteiger partial charge in [-0.3, -0.25) is 0 Å². The number of benzene rings is 1. The first-order chi connectivity index (χ1) is 9.17. The lowest BCUT2D eigenvalue weighted by atomic mass is 10.0. The lowest BCUT2D eigenvalue weighted by Crippen LogP contribution is -2.24. The van der Waals surface area contributed by atoms with Crippen molar-refractivity contribution in [3.05, 3.63) is 24.1 Å².